The van der Waals surface area contributed by atoms with Crippen molar-refractivity contribution in [3.63, 3.8) is 0 Å². The van der Waals surface area contributed by atoms with E-state index < -0.39 is 0 Å². The fraction of sp³-hybridized carbons (Fsp3) is 0.263. The zero-order valence-corrected chi connectivity index (χ0v) is 14.0. The molecule has 0 radical (unpaired) electrons. The van der Waals surface area contributed by atoms with Gasteiger partial charge in [-0.05, 0) is 17.7 Å². The van der Waals surface area contributed by atoms with Crippen LogP contribution in [0.3, 0.4) is 0 Å². The number of aromatic hydroxyl groups is 1. The molecular weight excluding hydrogens is 304 g/mol. The first kappa shape index (κ1) is 16.1. The molecule has 2 aromatic rings. The normalized spacial score (nSPS) is 17.2. The minimum Gasteiger partial charge on any atom is -0.504 e. The Morgan fingerprint density at radius 3 is 2.75 bits per heavy atom. The fourth-order valence-electron chi connectivity index (χ4n) is 3.09. The second-order valence-corrected chi connectivity index (χ2v) is 5.39. The summed E-state index contributed by atoms with van der Waals surface area (Å²) in [4.78, 5) is 19.1. The van der Waals surface area contributed by atoms with Crippen LogP contribution in [0.5, 0.6) is 11.5 Å². The van der Waals surface area contributed by atoms with E-state index >= 15 is 0 Å². The molecule has 0 spiro atoms. The maximum absolute atomic E-state index is 13.0. The molecule has 0 bridgehead atoms. The Labute approximate surface area is 141 Å². The fourth-order valence-corrected chi connectivity index (χ4v) is 3.09. The predicted octanol–water partition coefficient (Wildman–Crippen LogP) is 3.71. The standard InChI is InChI=1S/C17H14N2O3.C2H6/c1-22-16-7-12-13(8-15(16)20)18-9-11-6-10-4-2-3-5-14(10)19(11)17(12)21;1-2/h2-5,7-9,11,20H,6H2,1H3;1-2H3. The number of phenolic OH excluding ortho intramolecular Hbond substituents is 1. The van der Waals surface area contributed by atoms with Crippen LogP contribution in [0.4, 0.5) is 11.4 Å². The second kappa shape index (κ2) is 6.35. The van der Waals surface area contributed by atoms with E-state index in [1.54, 1.807) is 17.2 Å². The minimum absolute atomic E-state index is 0.0198. The molecule has 4 rings (SSSR count). The molecular formula is C19H20N2O3. The lowest BCUT2D eigenvalue weighted by atomic mass is 10.1. The molecule has 1 amide bonds. The molecule has 2 aromatic carbocycles. The van der Waals surface area contributed by atoms with Crippen LogP contribution in [-0.4, -0.2) is 30.4 Å². The monoisotopic (exact) mass is 324 g/mol. The van der Waals surface area contributed by atoms with E-state index in [2.05, 4.69) is 4.99 Å². The first-order valence-corrected chi connectivity index (χ1v) is 8.05. The number of phenols is 1. The van der Waals surface area contributed by atoms with Crippen molar-refractivity contribution in [2.24, 2.45) is 4.99 Å². The van der Waals surface area contributed by atoms with Crippen LogP contribution in [0.15, 0.2) is 41.4 Å². The molecule has 0 aliphatic carbocycles. The lowest BCUT2D eigenvalue weighted by Crippen LogP contribution is -2.37. The van der Waals surface area contributed by atoms with Crippen molar-refractivity contribution in [2.75, 3.05) is 12.0 Å². The van der Waals surface area contributed by atoms with Gasteiger partial charge >= 0.3 is 0 Å². The van der Waals surface area contributed by atoms with Gasteiger partial charge in [-0.1, -0.05) is 32.0 Å². The first-order valence-electron chi connectivity index (χ1n) is 8.05. The summed E-state index contributed by atoms with van der Waals surface area (Å²) in [5.41, 5.74) is 2.96. The number of fused-ring (bicyclic) bond motifs is 4. The molecule has 0 fully saturated rings. The third-order valence-electron chi connectivity index (χ3n) is 4.14. The zero-order valence-electron chi connectivity index (χ0n) is 14.0. The summed E-state index contributed by atoms with van der Waals surface area (Å²) < 4.78 is 5.11. The largest absolute Gasteiger partial charge is 0.504 e. The summed E-state index contributed by atoms with van der Waals surface area (Å²) in [5.74, 6) is 0.127. The van der Waals surface area contributed by atoms with Gasteiger partial charge < -0.3 is 9.84 Å². The topological polar surface area (TPSA) is 62.1 Å². The van der Waals surface area contributed by atoms with Gasteiger partial charge in [-0.25, -0.2) is 0 Å². The summed E-state index contributed by atoms with van der Waals surface area (Å²) in [6.45, 7) is 4.00. The van der Waals surface area contributed by atoms with Gasteiger partial charge in [0, 0.05) is 24.4 Å². The number of carbonyl (C=O) groups excluding carboxylic acids is 1. The van der Waals surface area contributed by atoms with Gasteiger partial charge in [0.15, 0.2) is 11.5 Å². The van der Waals surface area contributed by atoms with Gasteiger partial charge in [-0.15, -0.1) is 0 Å². The van der Waals surface area contributed by atoms with Crippen LogP contribution in [-0.2, 0) is 6.42 Å². The van der Waals surface area contributed by atoms with Crippen molar-refractivity contribution in [1.29, 1.82) is 0 Å². The van der Waals surface area contributed by atoms with E-state index in [1.165, 1.54) is 13.2 Å². The zero-order chi connectivity index (χ0) is 17.3. The molecule has 124 valence electrons. The van der Waals surface area contributed by atoms with Crippen LogP contribution < -0.4 is 9.64 Å². The molecule has 24 heavy (non-hydrogen) atoms. The maximum atomic E-state index is 13.0. The summed E-state index contributed by atoms with van der Waals surface area (Å²) in [5, 5.41) is 9.88. The summed E-state index contributed by atoms with van der Waals surface area (Å²) in [6, 6.07) is 10.8. The van der Waals surface area contributed by atoms with Crippen LogP contribution in [0.1, 0.15) is 29.8 Å². The second-order valence-electron chi connectivity index (χ2n) is 5.39. The van der Waals surface area contributed by atoms with Crippen LogP contribution >= 0.6 is 0 Å². The SMILES string of the molecule is CC.COc1cc2c(cc1O)N=CC1Cc3ccccc3N1C2=O. The number of nitrogens with zero attached hydrogens (tertiary/aromatic N) is 2. The number of amides is 1. The Kier molecular flexibility index (Phi) is 4.25. The molecule has 1 atom stereocenters. The Morgan fingerprint density at radius 1 is 1.25 bits per heavy atom. The third kappa shape index (κ3) is 2.42. The number of para-hydroxylation sites is 1. The minimum atomic E-state index is -0.124. The highest BCUT2D eigenvalue weighted by Crippen LogP contribution is 2.40. The predicted molar refractivity (Wildman–Crippen MR) is 94.9 cm³/mol. The first-order chi connectivity index (χ1) is 11.7. The van der Waals surface area contributed by atoms with Crippen LogP contribution in [0.2, 0.25) is 0 Å². The van der Waals surface area contributed by atoms with Gasteiger partial charge in [0.1, 0.15) is 0 Å². The number of methoxy groups -OCH3 is 1. The number of rotatable bonds is 1. The lowest BCUT2D eigenvalue weighted by Gasteiger charge is -2.21. The average molecular weight is 324 g/mol. The van der Waals surface area contributed by atoms with E-state index in [0.29, 0.717) is 11.3 Å². The highest BCUT2D eigenvalue weighted by atomic mass is 16.5. The Hall–Kier alpha value is -2.82. The number of anilines is 1. The van der Waals surface area contributed by atoms with Gasteiger partial charge in [0.2, 0.25) is 0 Å². The van der Waals surface area contributed by atoms with Crippen molar-refractivity contribution in [2.45, 2.75) is 26.3 Å². The van der Waals surface area contributed by atoms with E-state index in [-0.39, 0.29) is 23.4 Å². The summed E-state index contributed by atoms with van der Waals surface area (Å²) in [7, 11) is 1.46. The molecule has 0 saturated carbocycles. The Bertz CT molecular complexity index is 814. The molecule has 0 saturated heterocycles. The number of hydrogen-bond donors (Lipinski definition) is 1. The van der Waals surface area contributed by atoms with E-state index in [0.717, 1.165) is 17.7 Å². The molecule has 1 unspecified atom stereocenters. The van der Waals surface area contributed by atoms with Crippen LogP contribution in [0.25, 0.3) is 0 Å². The van der Waals surface area contributed by atoms with Crippen molar-refractivity contribution < 1.29 is 14.6 Å². The Balaban J connectivity index is 0.000000815. The van der Waals surface area contributed by atoms with Gasteiger partial charge in [0.25, 0.3) is 5.91 Å². The molecule has 2 heterocycles. The average Bonchev–Trinajstić information content (AvgIpc) is 2.93. The smallest absolute Gasteiger partial charge is 0.261 e. The number of aliphatic imine (C=N–C) groups is 1. The Morgan fingerprint density at radius 2 is 2.00 bits per heavy atom. The van der Waals surface area contributed by atoms with Crippen molar-refractivity contribution >= 4 is 23.5 Å². The van der Waals surface area contributed by atoms with Crippen molar-refractivity contribution in [1.82, 2.24) is 0 Å². The number of benzene rings is 2. The quantitative estimate of drug-likeness (QED) is 0.869. The highest BCUT2D eigenvalue weighted by molar-refractivity contribution is 6.14. The molecule has 5 nitrogen and oxygen atoms in total. The summed E-state index contributed by atoms with van der Waals surface area (Å²) in [6.07, 6.45) is 2.53. The van der Waals surface area contributed by atoms with Gasteiger partial charge in [-0.3, -0.25) is 14.7 Å². The molecule has 2 aliphatic heterocycles. The van der Waals surface area contributed by atoms with E-state index in [9.17, 15) is 9.90 Å². The molecule has 5 heteroatoms. The van der Waals surface area contributed by atoms with Crippen molar-refractivity contribution in [3.05, 3.63) is 47.5 Å². The number of hydrogen-bond acceptors (Lipinski definition) is 4. The molecule has 0 aromatic heterocycles. The van der Waals surface area contributed by atoms with Gasteiger partial charge in [-0.2, -0.15) is 0 Å². The third-order valence-corrected chi connectivity index (χ3v) is 4.14. The maximum Gasteiger partial charge on any atom is 0.261 e. The lowest BCUT2D eigenvalue weighted by molar-refractivity contribution is 0.0987. The van der Waals surface area contributed by atoms with Crippen LogP contribution in [0, 0.1) is 0 Å². The van der Waals surface area contributed by atoms with Gasteiger partial charge in [0.05, 0.1) is 24.4 Å². The molecule has 1 N–H and O–H groups in total. The molecule has 2 aliphatic rings. The highest BCUT2D eigenvalue weighted by Gasteiger charge is 2.36. The number of ether oxygens (including phenoxy) is 1. The van der Waals surface area contributed by atoms with Crippen molar-refractivity contribution in [3.8, 4) is 11.5 Å². The van der Waals surface area contributed by atoms with E-state index in [4.69, 9.17) is 4.74 Å². The summed E-state index contributed by atoms with van der Waals surface area (Å²) >= 11 is 0. The number of carbonyl (C=O) groups is 1. The van der Waals surface area contributed by atoms with E-state index in [1.807, 2.05) is 38.1 Å².